The Balaban J connectivity index is 2.16. The molecule has 0 spiro atoms. The molecule has 1 aliphatic carbocycles. The second-order valence-corrected chi connectivity index (χ2v) is 6.45. The van der Waals surface area contributed by atoms with Gasteiger partial charge in [-0.3, -0.25) is 14.6 Å². The Morgan fingerprint density at radius 2 is 1.86 bits per heavy atom. The number of benzene rings is 1. The summed E-state index contributed by atoms with van der Waals surface area (Å²) in [5.41, 5.74) is 1.07. The molecule has 0 amide bonds. The van der Waals surface area contributed by atoms with E-state index in [9.17, 15) is 14.7 Å². The van der Waals surface area contributed by atoms with Crippen molar-refractivity contribution in [2.24, 2.45) is 10.4 Å². The fraction of sp³-hybridized carbons (Fsp3) is 0.389. The van der Waals surface area contributed by atoms with Gasteiger partial charge >= 0.3 is 0 Å². The van der Waals surface area contributed by atoms with Gasteiger partial charge in [-0.15, -0.1) is 0 Å². The summed E-state index contributed by atoms with van der Waals surface area (Å²) in [4.78, 5) is 28.4. The summed E-state index contributed by atoms with van der Waals surface area (Å²) in [5, 5.41) is 10.1. The first-order chi connectivity index (χ1) is 10.3. The van der Waals surface area contributed by atoms with E-state index in [2.05, 4.69) is 4.99 Å². The second-order valence-electron chi connectivity index (χ2n) is 6.45. The van der Waals surface area contributed by atoms with Crippen LogP contribution in [0.4, 0.5) is 0 Å². The van der Waals surface area contributed by atoms with E-state index in [1.165, 1.54) is 0 Å². The minimum atomic E-state index is -0.231. The Morgan fingerprint density at radius 3 is 2.45 bits per heavy atom. The van der Waals surface area contributed by atoms with Gasteiger partial charge in [-0.1, -0.05) is 44.2 Å². The van der Waals surface area contributed by atoms with E-state index in [1.807, 2.05) is 19.9 Å². The summed E-state index contributed by atoms with van der Waals surface area (Å²) in [5.74, 6) is -0.138. The van der Waals surface area contributed by atoms with Gasteiger partial charge in [0.05, 0.1) is 5.57 Å². The van der Waals surface area contributed by atoms with Crippen LogP contribution >= 0.6 is 0 Å². The third kappa shape index (κ3) is 3.70. The molecule has 0 saturated heterocycles. The number of rotatable bonds is 4. The lowest BCUT2D eigenvalue weighted by Crippen LogP contribution is -2.28. The molecule has 0 aromatic heterocycles. The number of aliphatic hydroxyl groups excluding tert-OH is 1. The molecule has 0 saturated carbocycles. The number of ketones is 2. The number of hydrogen-bond donors (Lipinski definition) is 1. The van der Waals surface area contributed by atoms with Crippen molar-refractivity contribution < 1.29 is 14.7 Å². The molecule has 0 aliphatic heterocycles. The Hall–Kier alpha value is -2.23. The van der Waals surface area contributed by atoms with Crippen LogP contribution in [0.15, 0.2) is 46.7 Å². The third-order valence-corrected chi connectivity index (χ3v) is 3.77. The number of carbonyl (C=O) groups excluding carboxylic acids is 2. The molecule has 0 unspecified atom stereocenters. The van der Waals surface area contributed by atoms with Crippen molar-refractivity contribution in [1.29, 1.82) is 0 Å². The number of carbonyl (C=O) groups is 2. The quantitative estimate of drug-likeness (QED) is 0.683. The van der Waals surface area contributed by atoms with Crippen LogP contribution in [0.5, 0.6) is 0 Å². The van der Waals surface area contributed by atoms with E-state index in [0.717, 1.165) is 0 Å². The Bertz CT molecular complexity index is 654. The molecule has 4 heteroatoms. The van der Waals surface area contributed by atoms with Crippen LogP contribution in [0.3, 0.4) is 0 Å². The van der Waals surface area contributed by atoms with Gasteiger partial charge in [0, 0.05) is 24.1 Å². The lowest BCUT2D eigenvalue weighted by atomic mass is 9.76. The highest BCUT2D eigenvalue weighted by Crippen LogP contribution is 2.36. The van der Waals surface area contributed by atoms with Crippen molar-refractivity contribution in [3.63, 3.8) is 0 Å². The van der Waals surface area contributed by atoms with Crippen molar-refractivity contribution in [3.8, 4) is 0 Å². The molecule has 0 fully saturated rings. The predicted octanol–water partition coefficient (Wildman–Crippen LogP) is 3.53. The van der Waals surface area contributed by atoms with E-state index < -0.39 is 0 Å². The fourth-order valence-corrected chi connectivity index (χ4v) is 2.68. The van der Waals surface area contributed by atoms with Crippen molar-refractivity contribution in [1.82, 2.24) is 0 Å². The van der Waals surface area contributed by atoms with Crippen molar-refractivity contribution >= 4 is 17.3 Å². The predicted molar refractivity (Wildman–Crippen MR) is 86.4 cm³/mol. The topological polar surface area (TPSA) is 66.7 Å². The van der Waals surface area contributed by atoms with Gasteiger partial charge in [0.2, 0.25) is 0 Å². The summed E-state index contributed by atoms with van der Waals surface area (Å²) in [6.45, 7) is 5.54. The molecule has 2 rings (SSSR count). The van der Waals surface area contributed by atoms with Crippen molar-refractivity contribution in [2.75, 3.05) is 6.54 Å². The maximum absolute atomic E-state index is 12.2. The Labute approximate surface area is 130 Å². The molecular weight excluding hydrogens is 278 g/mol. The Kier molecular flexibility index (Phi) is 4.59. The molecule has 0 atom stereocenters. The number of hydrogen-bond acceptors (Lipinski definition) is 4. The fourth-order valence-electron chi connectivity index (χ4n) is 2.68. The first-order valence-corrected chi connectivity index (χ1v) is 7.35. The van der Waals surface area contributed by atoms with Gasteiger partial charge in [0.1, 0.15) is 12.3 Å². The number of nitrogens with zero attached hydrogens (tertiary/aromatic N) is 1. The summed E-state index contributed by atoms with van der Waals surface area (Å²) < 4.78 is 0. The molecule has 0 bridgehead atoms. The highest BCUT2D eigenvalue weighted by molar-refractivity contribution is 6.22. The molecule has 22 heavy (non-hydrogen) atoms. The van der Waals surface area contributed by atoms with Crippen LogP contribution in [-0.2, 0) is 4.79 Å². The van der Waals surface area contributed by atoms with Gasteiger partial charge < -0.3 is 5.11 Å². The second kappa shape index (κ2) is 6.26. The molecule has 1 aromatic carbocycles. The first kappa shape index (κ1) is 16.1. The molecule has 1 N–H and O–H groups in total. The van der Waals surface area contributed by atoms with Gasteiger partial charge in [0.25, 0.3) is 0 Å². The van der Waals surface area contributed by atoms with Crippen molar-refractivity contribution in [2.45, 2.75) is 33.6 Å². The van der Waals surface area contributed by atoms with Crippen LogP contribution in [0.25, 0.3) is 0 Å². The SMILES string of the molecule is CC(=NCC(=O)c1ccccc1)C1=C(O)CC(C)(C)CC1=O. The minimum Gasteiger partial charge on any atom is -0.511 e. The molecule has 4 nitrogen and oxygen atoms in total. The van der Waals surface area contributed by atoms with Crippen molar-refractivity contribution in [3.05, 3.63) is 47.2 Å². The van der Waals surface area contributed by atoms with Gasteiger partial charge in [0.15, 0.2) is 11.6 Å². The van der Waals surface area contributed by atoms with Crippen LogP contribution in [0, 0.1) is 5.41 Å². The summed E-state index contributed by atoms with van der Waals surface area (Å²) in [6, 6.07) is 8.91. The minimum absolute atomic E-state index is 0.0245. The van der Waals surface area contributed by atoms with Gasteiger partial charge in [-0.05, 0) is 12.3 Å². The van der Waals surface area contributed by atoms with Crippen LogP contribution in [0.1, 0.15) is 44.0 Å². The van der Waals surface area contributed by atoms with E-state index >= 15 is 0 Å². The molecule has 1 aromatic rings. The number of allylic oxidation sites excluding steroid dienone is 2. The zero-order chi connectivity index (χ0) is 16.3. The number of Topliss-reactive ketones (excluding diaryl/α,β-unsaturated/α-hetero) is 2. The van der Waals surface area contributed by atoms with Crippen LogP contribution in [0.2, 0.25) is 0 Å². The Morgan fingerprint density at radius 1 is 1.23 bits per heavy atom. The van der Waals surface area contributed by atoms with E-state index in [4.69, 9.17) is 0 Å². The largest absolute Gasteiger partial charge is 0.511 e. The summed E-state index contributed by atoms with van der Waals surface area (Å²) in [7, 11) is 0. The average molecular weight is 299 g/mol. The maximum atomic E-state index is 12.2. The summed E-state index contributed by atoms with van der Waals surface area (Å²) >= 11 is 0. The third-order valence-electron chi connectivity index (χ3n) is 3.77. The van der Waals surface area contributed by atoms with Gasteiger partial charge in [-0.2, -0.15) is 0 Å². The molecular formula is C18H21NO3. The number of aliphatic hydroxyl groups is 1. The highest BCUT2D eigenvalue weighted by Gasteiger charge is 2.33. The molecule has 1 aliphatic rings. The average Bonchev–Trinajstić information content (AvgIpc) is 2.43. The van der Waals surface area contributed by atoms with E-state index in [1.54, 1.807) is 31.2 Å². The van der Waals surface area contributed by atoms with Gasteiger partial charge in [-0.25, -0.2) is 0 Å². The highest BCUT2D eigenvalue weighted by atomic mass is 16.3. The lowest BCUT2D eigenvalue weighted by Gasteiger charge is -2.29. The molecule has 116 valence electrons. The normalized spacial score (nSPS) is 18.5. The summed E-state index contributed by atoms with van der Waals surface area (Å²) in [6.07, 6.45) is 0.833. The smallest absolute Gasteiger partial charge is 0.184 e. The number of aliphatic imine (C=N–C) groups is 1. The maximum Gasteiger partial charge on any atom is 0.184 e. The van der Waals surface area contributed by atoms with Crippen LogP contribution in [-0.4, -0.2) is 28.9 Å². The van der Waals surface area contributed by atoms with Crippen LogP contribution < -0.4 is 0 Å². The monoisotopic (exact) mass is 299 g/mol. The zero-order valence-corrected chi connectivity index (χ0v) is 13.2. The lowest BCUT2D eigenvalue weighted by molar-refractivity contribution is -0.117. The first-order valence-electron chi connectivity index (χ1n) is 7.35. The molecule has 0 heterocycles. The van der Waals surface area contributed by atoms with E-state index in [0.29, 0.717) is 24.1 Å². The standard InChI is InChI=1S/C18H21NO3/c1-12(17-14(20)9-18(2,3)10-15(17)21)19-11-16(22)13-7-5-4-6-8-13/h4-8,20H,9-11H2,1-3H3. The van der Waals surface area contributed by atoms with E-state index in [-0.39, 0.29) is 34.9 Å². The molecule has 0 radical (unpaired) electrons. The zero-order valence-electron chi connectivity index (χ0n) is 13.2.